The van der Waals surface area contributed by atoms with E-state index in [4.69, 9.17) is 4.74 Å². The summed E-state index contributed by atoms with van der Waals surface area (Å²) in [6.07, 6.45) is 3.31. The maximum Gasteiger partial charge on any atom is 0.126 e. The standard InChI is InChI=1S/C18H20FNO/c1-20-18(12-13-5-2-3-8-17(13)19)14-6-4-7-16(11-14)21-15-9-10-15/h2-8,11,15,18,20H,9-10,12H2,1H3. The van der Waals surface area contributed by atoms with Gasteiger partial charge in [-0.2, -0.15) is 0 Å². The maximum atomic E-state index is 13.8. The Hall–Kier alpha value is -1.87. The van der Waals surface area contributed by atoms with Crippen LogP contribution < -0.4 is 10.1 Å². The van der Waals surface area contributed by atoms with Crippen molar-refractivity contribution in [3.63, 3.8) is 0 Å². The lowest BCUT2D eigenvalue weighted by Crippen LogP contribution is -2.19. The van der Waals surface area contributed by atoms with Crippen molar-refractivity contribution in [3.05, 3.63) is 65.5 Å². The van der Waals surface area contributed by atoms with E-state index < -0.39 is 0 Å². The molecule has 1 unspecified atom stereocenters. The monoisotopic (exact) mass is 285 g/mol. The molecule has 0 bridgehead atoms. The van der Waals surface area contributed by atoms with Gasteiger partial charge >= 0.3 is 0 Å². The summed E-state index contributed by atoms with van der Waals surface area (Å²) in [4.78, 5) is 0. The minimum absolute atomic E-state index is 0.0738. The van der Waals surface area contributed by atoms with Crippen molar-refractivity contribution >= 4 is 0 Å². The Morgan fingerprint density at radius 3 is 2.71 bits per heavy atom. The molecule has 0 radical (unpaired) electrons. The van der Waals surface area contributed by atoms with Gasteiger partial charge in [-0.15, -0.1) is 0 Å². The quantitative estimate of drug-likeness (QED) is 0.870. The summed E-state index contributed by atoms with van der Waals surface area (Å²) in [6, 6.07) is 15.1. The highest BCUT2D eigenvalue weighted by Crippen LogP contribution is 2.29. The van der Waals surface area contributed by atoms with Crippen molar-refractivity contribution in [2.75, 3.05) is 7.05 Å². The number of nitrogens with one attached hydrogen (secondary N) is 1. The van der Waals surface area contributed by atoms with Crippen molar-refractivity contribution in [1.29, 1.82) is 0 Å². The first-order chi connectivity index (χ1) is 10.3. The summed E-state index contributed by atoms with van der Waals surface area (Å²) in [7, 11) is 1.90. The molecule has 1 aliphatic carbocycles. The summed E-state index contributed by atoms with van der Waals surface area (Å²) in [6.45, 7) is 0. The predicted octanol–water partition coefficient (Wildman–Crippen LogP) is 3.87. The molecule has 2 aromatic carbocycles. The van der Waals surface area contributed by atoms with Crippen molar-refractivity contribution in [1.82, 2.24) is 5.32 Å². The van der Waals surface area contributed by atoms with E-state index in [1.54, 1.807) is 6.07 Å². The van der Waals surface area contributed by atoms with Gasteiger partial charge in [0.1, 0.15) is 11.6 Å². The number of ether oxygens (including phenoxy) is 1. The van der Waals surface area contributed by atoms with Gasteiger partial charge in [0.2, 0.25) is 0 Å². The van der Waals surface area contributed by atoms with Crippen LogP contribution in [0, 0.1) is 5.82 Å². The third-order valence-corrected chi connectivity index (χ3v) is 3.82. The molecule has 1 saturated carbocycles. The minimum Gasteiger partial charge on any atom is -0.490 e. The summed E-state index contributed by atoms with van der Waals surface area (Å²) in [5.74, 6) is 0.756. The molecule has 3 rings (SSSR count). The van der Waals surface area contributed by atoms with Crippen LogP contribution in [0.15, 0.2) is 48.5 Å². The first-order valence-corrected chi connectivity index (χ1v) is 7.43. The molecule has 110 valence electrons. The lowest BCUT2D eigenvalue weighted by atomic mass is 9.98. The zero-order valence-corrected chi connectivity index (χ0v) is 12.2. The van der Waals surface area contributed by atoms with Crippen LogP contribution in [0.1, 0.15) is 30.0 Å². The van der Waals surface area contributed by atoms with Crippen LogP contribution in [-0.4, -0.2) is 13.2 Å². The topological polar surface area (TPSA) is 21.3 Å². The van der Waals surface area contributed by atoms with Crippen LogP contribution >= 0.6 is 0 Å². The summed E-state index contributed by atoms with van der Waals surface area (Å²) >= 11 is 0. The molecule has 1 aliphatic rings. The second-order valence-corrected chi connectivity index (χ2v) is 5.53. The Morgan fingerprint density at radius 2 is 2.00 bits per heavy atom. The Morgan fingerprint density at radius 1 is 1.19 bits per heavy atom. The fraction of sp³-hybridized carbons (Fsp3) is 0.333. The van der Waals surface area contributed by atoms with Crippen LogP contribution in [0.5, 0.6) is 5.75 Å². The van der Waals surface area contributed by atoms with Crippen molar-refractivity contribution in [2.45, 2.75) is 31.4 Å². The van der Waals surface area contributed by atoms with Crippen molar-refractivity contribution in [3.8, 4) is 5.75 Å². The van der Waals surface area contributed by atoms with E-state index in [1.165, 1.54) is 6.07 Å². The molecule has 21 heavy (non-hydrogen) atoms. The van der Waals surface area contributed by atoms with Crippen LogP contribution in [-0.2, 0) is 6.42 Å². The van der Waals surface area contributed by atoms with E-state index in [2.05, 4.69) is 17.4 Å². The predicted molar refractivity (Wildman–Crippen MR) is 82.0 cm³/mol. The molecular weight excluding hydrogens is 265 g/mol. The minimum atomic E-state index is -0.150. The van der Waals surface area contributed by atoms with Gasteiger partial charge in [-0.3, -0.25) is 0 Å². The Bertz CT molecular complexity index is 610. The fourth-order valence-corrected chi connectivity index (χ4v) is 2.45. The molecule has 0 heterocycles. The highest BCUT2D eigenvalue weighted by molar-refractivity contribution is 5.32. The Labute approximate surface area is 125 Å². The van der Waals surface area contributed by atoms with Crippen molar-refractivity contribution < 1.29 is 9.13 Å². The van der Waals surface area contributed by atoms with Gasteiger partial charge in [-0.1, -0.05) is 30.3 Å². The average Bonchev–Trinajstić information content (AvgIpc) is 3.31. The van der Waals surface area contributed by atoms with Crippen LogP contribution in [0.3, 0.4) is 0 Å². The van der Waals surface area contributed by atoms with E-state index in [9.17, 15) is 4.39 Å². The van der Waals surface area contributed by atoms with Gasteiger partial charge < -0.3 is 10.1 Å². The maximum absolute atomic E-state index is 13.8. The number of halogens is 1. The Balaban J connectivity index is 1.77. The smallest absolute Gasteiger partial charge is 0.126 e. The van der Waals surface area contributed by atoms with E-state index in [0.717, 1.165) is 29.7 Å². The molecule has 0 aliphatic heterocycles. The number of hydrogen-bond donors (Lipinski definition) is 1. The highest BCUT2D eigenvalue weighted by Gasteiger charge is 2.23. The molecule has 1 fully saturated rings. The molecule has 0 aromatic heterocycles. The molecule has 0 saturated heterocycles. The first-order valence-electron chi connectivity index (χ1n) is 7.43. The van der Waals surface area contributed by atoms with Crippen LogP contribution in [0.4, 0.5) is 4.39 Å². The van der Waals surface area contributed by atoms with E-state index in [0.29, 0.717) is 12.5 Å². The number of hydrogen-bond acceptors (Lipinski definition) is 2. The van der Waals surface area contributed by atoms with Gasteiger partial charge in [-0.25, -0.2) is 4.39 Å². The fourth-order valence-electron chi connectivity index (χ4n) is 2.45. The number of benzene rings is 2. The molecule has 1 atom stereocenters. The lowest BCUT2D eigenvalue weighted by molar-refractivity contribution is 0.302. The molecule has 3 heteroatoms. The van der Waals surface area contributed by atoms with E-state index in [1.807, 2.05) is 31.3 Å². The largest absolute Gasteiger partial charge is 0.490 e. The third-order valence-electron chi connectivity index (χ3n) is 3.82. The average molecular weight is 285 g/mol. The van der Waals surface area contributed by atoms with Crippen molar-refractivity contribution in [2.24, 2.45) is 0 Å². The Kier molecular flexibility index (Phi) is 4.20. The normalized spacial score (nSPS) is 15.7. The molecular formula is C18H20FNO. The molecule has 2 aromatic rings. The molecule has 0 amide bonds. The SMILES string of the molecule is CNC(Cc1ccccc1F)c1cccc(OC2CC2)c1. The van der Waals surface area contributed by atoms with E-state index >= 15 is 0 Å². The molecule has 1 N–H and O–H groups in total. The van der Waals surface area contributed by atoms with E-state index in [-0.39, 0.29) is 11.9 Å². The van der Waals surface area contributed by atoms with Gasteiger partial charge in [-0.05, 0) is 55.6 Å². The second kappa shape index (κ2) is 6.27. The summed E-state index contributed by atoms with van der Waals surface area (Å²) in [5, 5.41) is 3.27. The number of rotatable bonds is 6. The van der Waals surface area contributed by atoms with Gasteiger partial charge in [0.05, 0.1) is 6.10 Å². The van der Waals surface area contributed by atoms with Crippen LogP contribution in [0.2, 0.25) is 0 Å². The summed E-state index contributed by atoms with van der Waals surface area (Å²) < 4.78 is 19.6. The lowest BCUT2D eigenvalue weighted by Gasteiger charge is -2.18. The molecule has 0 spiro atoms. The molecule has 2 nitrogen and oxygen atoms in total. The number of likely N-dealkylation sites (N-methyl/N-ethyl adjacent to an activating group) is 1. The van der Waals surface area contributed by atoms with Crippen LogP contribution in [0.25, 0.3) is 0 Å². The second-order valence-electron chi connectivity index (χ2n) is 5.53. The zero-order valence-electron chi connectivity index (χ0n) is 12.2. The zero-order chi connectivity index (χ0) is 14.7. The first kappa shape index (κ1) is 14.1. The summed E-state index contributed by atoms with van der Waals surface area (Å²) in [5.41, 5.74) is 1.85. The third kappa shape index (κ3) is 3.61. The van der Waals surface area contributed by atoms with Gasteiger partial charge in [0.25, 0.3) is 0 Å². The highest BCUT2D eigenvalue weighted by atomic mass is 19.1. The van der Waals surface area contributed by atoms with Gasteiger partial charge in [0.15, 0.2) is 0 Å². The van der Waals surface area contributed by atoms with Gasteiger partial charge in [0, 0.05) is 6.04 Å².